The molecule has 90 valence electrons. The average Bonchev–Trinajstić information content (AvgIpc) is 2.56. The van der Waals surface area contributed by atoms with Gasteiger partial charge in [-0.05, 0) is 35.4 Å². The Kier molecular flexibility index (Phi) is 2.56. The van der Waals surface area contributed by atoms with Crippen molar-refractivity contribution in [1.29, 1.82) is 0 Å². The first-order valence-electron chi connectivity index (χ1n) is 5.12. The molecule has 0 aromatic heterocycles. The maximum Gasteiger partial charge on any atom is 0.194 e. The molecular weight excluding hydrogens is 293 g/mol. The molecule has 0 aliphatic heterocycles. The number of ketones is 1. The van der Waals surface area contributed by atoms with Gasteiger partial charge in [-0.2, -0.15) is 0 Å². The van der Waals surface area contributed by atoms with Crippen molar-refractivity contribution in [1.82, 2.24) is 0 Å². The summed E-state index contributed by atoms with van der Waals surface area (Å²) in [5.41, 5.74) is 8.64. The van der Waals surface area contributed by atoms with Gasteiger partial charge in [-0.1, -0.05) is 34.8 Å². The van der Waals surface area contributed by atoms with E-state index in [0.717, 1.165) is 11.1 Å². The molecule has 0 fully saturated rings. The highest BCUT2D eigenvalue weighted by Gasteiger charge is 2.28. The van der Waals surface area contributed by atoms with Crippen LogP contribution in [0, 0.1) is 0 Å². The highest BCUT2D eigenvalue weighted by Crippen LogP contribution is 2.42. The van der Waals surface area contributed by atoms with Crippen LogP contribution in [0.4, 0.5) is 5.69 Å². The normalized spacial score (nSPS) is 12.5. The standard InChI is InChI=1S/C13H6Cl3NO/c14-9-1-5-6-2-11(16)12(17)4-8(6)13(18)7(5)3-10(9)15/h1-4H,17H2. The fourth-order valence-electron chi connectivity index (χ4n) is 2.10. The Labute approximate surface area is 118 Å². The molecule has 0 saturated heterocycles. The maximum absolute atomic E-state index is 12.2. The number of carbonyl (C=O) groups excluding carboxylic acids is 1. The van der Waals surface area contributed by atoms with Crippen molar-refractivity contribution in [2.75, 3.05) is 5.73 Å². The van der Waals surface area contributed by atoms with Crippen LogP contribution < -0.4 is 5.73 Å². The summed E-state index contributed by atoms with van der Waals surface area (Å²) < 4.78 is 0. The van der Waals surface area contributed by atoms with Crippen molar-refractivity contribution in [3.05, 3.63) is 50.5 Å². The molecule has 18 heavy (non-hydrogen) atoms. The monoisotopic (exact) mass is 297 g/mol. The van der Waals surface area contributed by atoms with Gasteiger partial charge < -0.3 is 5.73 Å². The lowest BCUT2D eigenvalue weighted by Crippen LogP contribution is -1.97. The van der Waals surface area contributed by atoms with Crippen LogP contribution in [0.5, 0.6) is 0 Å². The lowest BCUT2D eigenvalue weighted by molar-refractivity contribution is 0.104. The first-order chi connectivity index (χ1) is 8.49. The van der Waals surface area contributed by atoms with E-state index in [2.05, 4.69) is 0 Å². The molecular formula is C13H6Cl3NO. The molecule has 3 rings (SSSR count). The quantitative estimate of drug-likeness (QED) is 0.623. The van der Waals surface area contributed by atoms with Crippen molar-refractivity contribution >= 4 is 46.3 Å². The fraction of sp³-hybridized carbons (Fsp3) is 0. The largest absolute Gasteiger partial charge is 0.398 e. The second kappa shape index (κ2) is 3.89. The SMILES string of the molecule is Nc1cc2c(cc1Cl)-c1cc(Cl)c(Cl)cc1C2=O. The number of benzene rings is 2. The highest BCUT2D eigenvalue weighted by atomic mass is 35.5. The predicted molar refractivity (Wildman–Crippen MR) is 74.8 cm³/mol. The minimum Gasteiger partial charge on any atom is -0.398 e. The zero-order valence-electron chi connectivity index (χ0n) is 8.93. The van der Waals surface area contributed by atoms with Crippen molar-refractivity contribution < 1.29 is 4.79 Å². The van der Waals surface area contributed by atoms with Gasteiger partial charge in [0.05, 0.1) is 20.8 Å². The highest BCUT2D eigenvalue weighted by molar-refractivity contribution is 6.43. The Bertz CT molecular complexity index is 650. The zero-order chi connectivity index (χ0) is 13.0. The molecule has 2 aromatic carbocycles. The minimum atomic E-state index is -0.109. The molecule has 0 saturated carbocycles. The number of rotatable bonds is 0. The van der Waals surface area contributed by atoms with Gasteiger partial charge in [-0.3, -0.25) is 4.79 Å². The molecule has 0 amide bonds. The van der Waals surface area contributed by atoms with Gasteiger partial charge in [0.15, 0.2) is 5.78 Å². The van der Waals surface area contributed by atoms with Crippen LogP contribution in [0.2, 0.25) is 15.1 Å². The summed E-state index contributed by atoms with van der Waals surface area (Å²) in [6.07, 6.45) is 0. The van der Waals surface area contributed by atoms with Crippen LogP contribution in [-0.4, -0.2) is 5.78 Å². The number of fused-ring (bicyclic) bond motifs is 3. The van der Waals surface area contributed by atoms with E-state index >= 15 is 0 Å². The summed E-state index contributed by atoms with van der Waals surface area (Å²) in [6.45, 7) is 0. The van der Waals surface area contributed by atoms with Crippen molar-refractivity contribution in [3.8, 4) is 11.1 Å². The first-order valence-corrected chi connectivity index (χ1v) is 6.25. The van der Waals surface area contributed by atoms with Crippen LogP contribution in [-0.2, 0) is 0 Å². The third kappa shape index (κ3) is 1.53. The molecule has 1 aliphatic rings. The van der Waals surface area contributed by atoms with E-state index < -0.39 is 0 Å². The van der Waals surface area contributed by atoms with E-state index in [-0.39, 0.29) is 5.78 Å². The average molecular weight is 299 g/mol. The Morgan fingerprint density at radius 2 is 1.17 bits per heavy atom. The van der Waals surface area contributed by atoms with E-state index in [4.69, 9.17) is 40.5 Å². The van der Waals surface area contributed by atoms with Gasteiger partial charge in [-0.15, -0.1) is 0 Å². The van der Waals surface area contributed by atoms with Crippen LogP contribution >= 0.6 is 34.8 Å². The third-order valence-electron chi connectivity index (χ3n) is 2.98. The van der Waals surface area contributed by atoms with Gasteiger partial charge in [0.1, 0.15) is 0 Å². The Morgan fingerprint density at radius 1 is 0.722 bits per heavy atom. The molecule has 1 aliphatic carbocycles. The topological polar surface area (TPSA) is 43.1 Å². The van der Waals surface area contributed by atoms with Crippen molar-refractivity contribution in [2.45, 2.75) is 0 Å². The summed E-state index contributed by atoms with van der Waals surface area (Å²) in [7, 11) is 0. The summed E-state index contributed by atoms with van der Waals surface area (Å²) in [4.78, 5) is 12.2. The van der Waals surface area contributed by atoms with Crippen molar-refractivity contribution in [3.63, 3.8) is 0 Å². The first kappa shape index (κ1) is 11.8. The molecule has 0 unspecified atom stereocenters. The second-order valence-electron chi connectivity index (χ2n) is 4.06. The molecule has 0 spiro atoms. The van der Waals surface area contributed by atoms with Gasteiger partial charge in [-0.25, -0.2) is 0 Å². The number of carbonyl (C=O) groups is 1. The number of halogens is 3. The summed E-state index contributed by atoms with van der Waals surface area (Å²) in [5, 5.41) is 1.18. The molecule has 0 radical (unpaired) electrons. The number of nitrogen functional groups attached to an aromatic ring is 1. The number of anilines is 1. The van der Waals surface area contributed by atoms with Crippen LogP contribution in [0.25, 0.3) is 11.1 Å². The molecule has 0 atom stereocenters. The minimum absolute atomic E-state index is 0.109. The number of nitrogens with two attached hydrogens (primary N) is 1. The number of hydrogen-bond donors (Lipinski definition) is 1. The van der Waals surface area contributed by atoms with Gasteiger partial charge in [0.25, 0.3) is 0 Å². The van der Waals surface area contributed by atoms with Gasteiger partial charge in [0.2, 0.25) is 0 Å². The molecule has 5 heteroatoms. The van der Waals surface area contributed by atoms with Gasteiger partial charge >= 0.3 is 0 Å². The lowest BCUT2D eigenvalue weighted by atomic mass is 10.1. The molecule has 0 heterocycles. The van der Waals surface area contributed by atoms with E-state index in [1.165, 1.54) is 0 Å². The zero-order valence-corrected chi connectivity index (χ0v) is 11.2. The number of hydrogen-bond acceptors (Lipinski definition) is 2. The smallest absolute Gasteiger partial charge is 0.194 e. The summed E-state index contributed by atoms with van der Waals surface area (Å²) in [5.74, 6) is -0.109. The molecule has 0 bridgehead atoms. The molecule has 2 N–H and O–H groups in total. The van der Waals surface area contributed by atoms with Crippen LogP contribution in [0.3, 0.4) is 0 Å². The van der Waals surface area contributed by atoms with E-state index in [1.54, 1.807) is 24.3 Å². The summed E-state index contributed by atoms with van der Waals surface area (Å²) >= 11 is 17.9. The van der Waals surface area contributed by atoms with Crippen LogP contribution in [0.15, 0.2) is 24.3 Å². The van der Waals surface area contributed by atoms with E-state index in [0.29, 0.717) is 31.9 Å². The third-order valence-corrected chi connectivity index (χ3v) is 4.03. The fourth-order valence-corrected chi connectivity index (χ4v) is 2.59. The Morgan fingerprint density at radius 3 is 1.78 bits per heavy atom. The maximum atomic E-state index is 12.2. The Balaban J connectivity index is 2.37. The van der Waals surface area contributed by atoms with Crippen LogP contribution in [0.1, 0.15) is 15.9 Å². The molecule has 2 aromatic rings. The van der Waals surface area contributed by atoms with Crippen molar-refractivity contribution in [2.24, 2.45) is 0 Å². The lowest BCUT2D eigenvalue weighted by Gasteiger charge is -2.04. The van der Waals surface area contributed by atoms with Gasteiger partial charge in [0, 0.05) is 11.1 Å². The molecule has 2 nitrogen and oxygen atoms in total. The Hall–Kier alpha value is -1.22. The second-order valence-corrected chi connectivity index (χ2v) is 5.28. The van der Waals surface area contributed by atoms with E-state index in [9.17, 15) is 4.79 Å². The predicted octanol–water partition coefficient (Wildman–Crippen LogP) is 4.44. The van der Waals surface area contributed by atoms with E-state index in [1.807, 2.05) is 0 Å². The summed E-state index contributed by atoms with van der Waals surface area (Å²) in [6, 6.07) is 6.52.